The number of amides is 1. The molecule has 0 atom stereocenters. The van der Waals surface area contributed by atoms with Gasteiger partial charge in [0, 0.05) is 29.6 Å². The summed E-state index contributed by atoms with van der Waals surface area (Å²) in [6.45, 7) is 3.46. The first-order valence-corrected chi connectivity index (χ1v) is 8.05. The average molecular weight is 364 g/mol. The first-order chi connectivity index (χ1) is 13.0. The molecule has 8 heteroatoms. The number of nitrogens with one attached hydrogen (secondary N) is 1. The summed E-state index contributed by atoms with van der Waals surface area (Å²) in [5.41, 5.74) is 4.90. The number of carbonyl (C=O) groups is 1. The average Bonchev–Trinajstić information content (AvgIpc) is 3.12. The molecule has 2 aromatic heterocycles. The Morgan fingerprint density at radius 1 is 1.26 bits per heavy atom. The Bertz CT molecular complexity index is 1030. The van der Waals surface area contributed by atoms with Gasteiger partial charge in [-0.2, -0.15) is 5.10 Å². The van der Waals surface area contributed by atoms with Crippen molar-refractivity contribution in [2.45, 2.75) is 13.8 Å². The number of hydrogen-bond donors (Lipinski definition) is 1. The lowest BCUT2D eigenvalue weighted by molar-refractivity contribution is -0.385. The molecule has 0 aliphatic heterocycles. The number of nitro benzene ring substituents is 1. The molecule has 0 radical (unpaired) electrons. The van der Waals surface area contributed by atoms with Crippen LogP contribution >= 0.6 is 0 Å². The SMILES string of the molecule is Cc1cc([N+](=O)[O-])c(C)cc1-c1ccc(C=NNC(=O)c2cccnc2)o1. The lowest BCUT2D eigenvalue weighted by Crippen LogP contribution is -2.17. The molecule has 2 heterocycles. The number of hydrogen-bond acceptors (Lipinski definition) is 6. The van der Waals surface area contributed by atoms with E-state index in [1.165, 1.54) is 18.5 Å². The molecule has 0 unspecified atom stereocenters. The molecule has 0 fully saturated rings. The Morgan fingerprint density at radius 2 is 2.07 bits per heavy atom. The van der Waals surface area contributed by atoms with E-state index in [9.17, 15) is 14.9 Å². The molecule has 1 N–H and O–H groups in total. The van der Waals surface area contributed by atoms with Gasteiger partial charge in [0.05, 0.1) is 16.7 Å². The zero-order valence-corrected chi connectivity index (χ0v) is 14.7. The number of furan rings is 1. The van der Waals surface area contributed by atoms with Crippen molar-refractivity contribution < 1.29 is 14.1 Å². The standard InChI is InChI=1S/C19H16N4O4/c1-12-9-17(23(25)26)13(2)8-16(12)18-6-5-15(27-18)11-21-22-19(24)14-4-3-7-20-10-14/h3-11H,1-2H3,(H,22,24). The molecule has 27 heavy (non-hydrogen) atoms. The van der Waals surface area contributed by atoms with Gasteiger partial charge in [-0.3, -0.25) is 19.9 Å². The number of aryl methyl sites for hydroxylation is 2. The Balaban J connectivity index is 1.74. The van der Waals surface area contributed by atoms with Crippen LogP contribution in [-0.2, 0) is 0 Å². The highest BCUT2D eigenvalue weighted by molar-refractivity contribution is 5.94. The molecule has 0 spiro atoms. The van der Waals surface area contributed by atoms with Crippen molar-refractivity contribution >= 4 is 17.8 Å². The highest BCUT2D eigenvalue weighted by Gasteiger charge is 2.16. The third kappa shape index (κ3) is 4.06. The van der Waals surface area contributed by atoms with Gasteiger partial charge in [-0.05, 0) is 49.7 Å². The number of rotatable bonds is 5. The first kappa shape index (κ1) is 18.0. The molecule has 1 aromatic carbocycles. The van der Waals surface area contributed by atoms with E-state index in [0.717, 1.165) is 11.1 Å². The van der Waals surface area contributed by atoms with E-state index < -0.39 is 4.92 Å². The van der Waals surface area contributed by atoms with Crippen molar-refractivity contribution in [1.29, 1.82) is 0 Å². The zero-order chi connectivity index (χ0) is 19.4. The minimum absolute atomic E-state index is 0.0720. The fraction of sp³-hybridized carbons (Fsp3) is 0.105. The first-order valence-electron chi connectivity index (χ1n) is 8.05. The molecular weight excluding hydrogens is 348 g/mol. The Labute approximate surface area is 154 Å². The second-order valence-corrected chi connectivity index (χ2v) is 5.85. The molecule has 0 aliphatic carbocycles. The monoisotopic (exact) mass is 364 g/mol. The number of benzene rings is 1. The largest absolute Gasteiger partial charge is 0.455 e. The van der Waals surface area contributed by atoms with E-state index in [4.69, 9.17) is 4.42 Å². The Kier molecular flexibility index (Phi) is 5.07. The van der Waals surface area contributed by atoms with Gasteiger partial charge in [0.2, 0.25) is 0 Å². The van der Waals surface area contributed by atoms with Gasteiger partial charge in [0.25, 0.3) is 11.6 Å². The Morgan fingerprint density at radius 3 is 2.78 bits per heavy atom. The summed E-state index contributed by atoms with van der Waals surface area (Å²) in [6.07, 6.45) is 4.40. The van der Waals surface area contributed by atoms with Crippen LogP contribution in [0.5, 0.6) is 0 Å². The quantitative estimate of drug-likeness (QED) is 0.422. The van der Waals surface area contributed by atoms with E-state index in [2.05, 4.69) is 15.5 Å². The van der Waals surface area contributed by atoms with E-state index in [1.54, 1.807) is 50.4 Å². The predicted molar refractivity (Wildman–Crippen MR) is 99.6 cm³/mol. The van der Waals surface area contributed by atoms with Gasteiger partial charge in [0.1, 0.15) is 11.5 Å². The minimum atomic E-state index is -0.405. The van der Waals surface area contributed by atoms with Crippen LogP contribution in [0.25, 0.3) is 11.3 Å². The number of nitrogens with zero attached hydrogens (tertiary/aromatic N) is 3. The second-order valence-electron chi connectivity index (χ2n) is 5.85. The van der Waals surface area contributed by atoms with Crippen LogP contribution < -0.4 is 5.43 Å². The summed E-state index contributed by atoms with van der Waals surface area (Å²) in [5.74, 6) is 0.616. The third-order valence-electron chi connectivity index (χ3n) is 3.91. The van der Waals surface area contributed by atoms with Gasteiger partial charge in [0.15, 0.2) is 0 Å². The van der Waals surface area contributed by atoms with Crippen LogP contribution in [0.3, 0.4) is 0 Å². The molecule has 0 saturated carbocycles. The normalized spacial score (nSPS) is 10.9. The van der Waals surface area contributed by atoms with Gasteiger partial charge in [-0.15, -0.1) is 0 Å². The zero-order valence-electron chi connectivity index (χ0n) is 14.7. The van der Waals surface area contributed by atoms with Crippen LogP contribution in [0.2, 0.25) is 0 Å². The molecular formula is C19H16N4O4. The molecule has 0 saturated heterocycles. The third-order valence-corrected chi connectivity index (χ3v) is 3.91. The fourth-order valence-electron chi connectivity index (χ4n) is 2.55. The van der Waals surface area contributed by atoms with Crippen LogP contribution in [-0.4, -0.2) is 22.0 Å². The maximum Gasteiger partial charge on any atom is 0.272 e. The fourth-order valence-corrected chi connectivity index (χ4v) is 2.55. The van der Waals surface area contributed by atoms with Crippen LogP contribution in [0.1, 0.15) is 27.2 Å². The number of hydrazone groups is 1. The summed E-state index contributed by atoms with van der Waals surface area (Å²) in [7, 11) is 0. The van der Waals surface area contributed by atoms with Crippen molar-refractivity contribution in [2.24, 2.45) is 5.10 Å². The van der Waals surface area contributed by atoms with Crippen molar-refractivity contribution in [3.63, 3.8) is 0 Å². The van der Waals surface area contributed by atoms with E-state index >= 15 is 0 Å². The van der Waals surface area contributed by atoms with Crippen molar-refractivity contribution in [2.75, 3.05) is 0 Å². The summed E-state index contributed by atoms with van der Waals surface area (Å²) < 4.78 is 5.71. The maximum absolute atomic E-state index is 11.9. The van der Waals surface area contributed by atoms with Gasteiger partial charge in [-0.25, -0.2) is 5.43 Å². The summed E-state index contributed by atoms with van der Waals surface area (Å²) in [5, 5.41) is 14.9. The summed E-state index contributed by atoms with van der Waals surface area (Å²) in [6, 6.07) is 9.98. The van der Waals surface area contributed by atoms with Crippen LogP contribution in [0, 0.1) is 24.0 Å². The summed E-state index contributed by atoms with van der Waals surface area (Å²) >= 11 is 0. The van der Waals surface area contributed by atoms with Crippen molar-refractivity contribution in [1.82, 2.24) is 10.4 Å². The number of carbonyl (C=O) groups excluding carboxylic acids is 1. The van der Waals surface area contributed by atoms with E-state index in [1.807, 2.05) is 0 Å². The Hall–Kier alpha value is -3.81. The highest BCUT2D eigenvalue weighted by atomic mass is 16.6. The molecule has 3 rings (SSSR count). The summed E-state index contributed by atoms with van der Waals surface area (Å²) in [4.78, 5) is 26.4. The smallest absolute Gasteiger partial charge is 0.272 e. The lowest BCUT2D eigenvalue weighted by Gasteiger charge is -2.05. The van der Waals surface area contributed by atoms with Gasteiger partial charge < -0.3 is 4.42 Å². The molecule has 8 nitrogen and oxygen atoms in total. The molecule has 3 aromatic rings. The molecule has 136 valence electrons. The van der Waals surface area contributed by atoms with E-state index in [0.29, 0.717) is 22.6 Å². The lowest BCUT2D eigenvalue weighted by atomic mass is 10.0. The molecule has 0 aliphatic rings. The van der Waals surface area contributed by atoms with Crippen molar-refractivity contribution in [3.8, 4) is 11.3 Å². The predicted octanol–water partition coefficient (Wildman–Crippen LogP) is 3.63. The second kappa shape index (κ2) is 7.61. The number of nitro groups is 1. The highest BCUT2D eigenvalue weighted by Crippen LogP contribution is 2.30. The number of pyridine rings is 1. The van der Waals surface area contributed by atoms with Crippen LogP contribution in [0.15, 0.2) is 58.3 Å². The van der Waals surface area contributed by atoms with Gasteiger partial charge >= 0.3 is 0 Å². The topological polar surface area (TPSA) is 111 Å². The molecule has 1 amide bonds. The minimum Gasteiger partial charge on any atom is -0.455 e. The van der Waals surface area contributed by atoms with E-state index in [-0.39, 0.29) is 11.6 Å². The number of aromatic nitrogens is 1. The van der Waals surface area contributed by atoms with Crippen LogP contribution in [0.4, 0.5) is 5.69 Å². The van der Waals surface area contributed by atoms with Gasteiger partial charge in [-0.1, -0.05) is 0 Å². The van der Waals surface area contributed by atoms with Crippen molar-refractivity contribution in [3.05, 3.63) is 81.4 Å². The molecule has 0 bridgehead atoms. The maximum atomic E-state index is 11.9.